The summed E-state index contributed by atoms with van der Waals surface area (Å²) in [5, 5.41) is 5.90. The fourth-order valence-electron chi connectivity index (χ4n) is 2.20. The summed E-state index contributed by atoms with van der Waals surface area (Å²) in [5.74, 6) is -0.0747. The average molecular weight is 361 g/mol. The van der Waals surface area contributed by atoms with Crippen LogP contribution < -0.4 is 15.4 Å². The zero-order valence-electron chi connectivity index (χ0n) is 14.1. The maximum Gasteiger partial charge on any atom is 0.244 e. The van der Waals surface area contributed by atoms with Crippen molar-refractivity contribution in [2.45, 2.75) is 6.92 Å². The van der Waals surface area contributed by atoms with Crippen LogP contribution in [0.1, 0.15) is 6.92 Å². The molecule has 0 aromatic heterocycles. The molecule has 0 unspecified atom stereocenters. The number of benzene rings is 2. The van der Waals surface area contributed by atoms with E-state index < -0.39 is 5.82 Å². The summed E-state index contributed by atoms with van der Waals surface area (Å²) < 4.78 is 18.9. The Morgan fingerprint density at radius 3 is 2.40 bits per heavy atom. The molecule has 0 spiro atoms. The third kappa shape index (κ3) is 5.15. The lowest BCUT2D eigenvalue weighted by Gasteiger charge is -2.24. The topological polar surface area (TPSA) is 53.6 Å². The lowest BCUT2D eigenvalue weighted by Crippen LogP contribution is -2.40. The van der Waals surface area contributed by atoms with Crippen LogP contribution in [0.5, 0.6) is 5.75 Å². The SMILES string of the molecule is CCN(CC(=O)Nc1ccccc1OC)C(=S)Nc1ccccc1F. The Morgan fingerprint density at radius 1 is 1.12 bits per heavy atom. The highest BCUT2D eigenvalue weighted by Gasteiger charge is 2.15. The molecule has 132 valence electrons. The summed E-state index contributed by atoms with van der Waals surface area (Å²) in [6.45, 7) is 2.40. The van der Waals surface area contributed by atoms with Gasteiger partial charge in [-0.2, -0.15) is 0 Å². The number of methoxy groups -OCH3 is 1. The number of amides is 1. The second-order valence-corrected chi connectivity index (χ2v) is 5.56. The van der Waals surface area contributed by atoms with E-state index in [2.05, 4.69) is 10.6 Å². The Kier molecular flexibility index (Phi) is 6.71. The number of anilines is 2. The number of nitrogens with zero attached hydrogens (tertiary/aromatic N) is 1. The Bertz CT molecular complexity index is 755. The number of likely N-dealkylation sites (N-methyl/N-ethyl adjacent to an activating group) is 1. The lowest BCUT2D eigenvalue weighted by molar-refractivity contribution is -0.116. The molecule has 5 nitrogen and oxygen atoms in total. The fraction of sp³-hybridized carbons (Fsp3) is 0.222. The molecule has 0 heterocycles. The number of ether oxygens (including phenoxy) is 1. The monoisotopic (exact) mass is 361 g/mol. The number of halogens is 1. The Balaban J connectivity index is 1.99. The molecule has 0 atom stereocenters. The fourth-order valence-corrected chi connectivity index (χ4v) is 2.50. The first-order valence-electron chi connectivity index (χ1n) is 7.78. The van der Waals surface area contributed by atoms with E-state index in [9.17, 15) is 9.18 Å². The van der Waals surface area contributed by atoms with Gasteiger partial charge >= 0.3 is 0 Å². The van der Waals surface area contributed by atoms with Crippen LogP contribution in [0.2, 0.25) is 0 Å². The maximum atomic E-state index is 13.7. The number of carbonyl (C=O) groups is 1. The van der Waals surface area contributed by atoms with Gasteiger partial charge in [-0.25, -0.2) is 4.39 Å². The van der Waals surface area contributed by atoms with Crippen LogP contribution in [0.3, 0.4) is 0 Å². The molecule has 25 heavy (non-hydrogen) atoms. The molecule has 0 bridgehead atoms. The largest absolute Gasteiger partial charge is 0.495 e. The number of carbonyl (C=O) groups excluding carboxylic acids is 1. The number of thiocarbonyl (C=S) groups is 1. The van der Waals surface area contributed by atoms with Gasteiger partial charge in [-0.05, 0) is 43.4 Å². The molecule has 0 aliphatic heterocycles. The summed E-state index contributed by atoms with van der Waals surface area (Å²) in [5.41, 5.74) is 0.857. The first kappa shape index (κ1) is 18.7. The maximum absolute atomic E-state index is 13.7. The standard InChI is InChI=1S/C18H20FN3O2S/c1-3-22(18(25)21-14-9-5-4-8-13(14)19)12-17(23)20-15-10-6-7-11-16(15)24-2/h4-11H,3,12H2,1-2H3,(H,20,23)(H,21,25). The van der Waals surface area contributed by atoms with Gasteiger partial charge in [-0.3, -0.25) is 4.79 Å². The minimum atomic E-state index is -0.403. The number of nitrogens with one attached hydrogen (secondary N) is 2. The van der Waals surface area contributed by atoms with Crippen molar-refractivity contribution in [3.63, 3.8) is 0 Å². The van der Waals surface area contributed by atoms with E-state index >= 15 is 0 Å². The molecule has 2 N–H and O–H groups in total. The van der Waals surface area contributed by atoms with Crippen molar-refractivity contribution in [1.29, 1.82) is 0 Å². The Labute approximate surface area is 151 Å². The predicted molar refractivity (Wildman–Crippen MR) is 101 cm³/mol. The molecule has 0 saturated heterocycles. The van der Waals surface area contributed by atoms with Crippen molar-refractivity contribution in [2.75, 3.05) is 30.8 Å². The van der Waals surface area contributed by atoms with E-state index in [1.165, 1.54) is 13.2 Å². The van der Waals surface area contributed by atoms with Crippen molar-refractivity contribution in [3.8, 4) is 5.75 Å². The molecule has 2 aromatic rings. The molecule has 0 radical (unpaired) electrons. The van der Waals surface area contributed by atoms with Gasteiger partial charge in [0.2, 0.25) is 5.91 Å². The van der Waals surface area contributed by atoms with Gasteiger partial charge in [0.25, 0.3) is 0 Å². The van der Waals surface area contributed by atoms with E-state index in [4.69, 9.17) is 17.0 Å². The average Bonchev–Trinajstić information content (AvgIpc) is 2.62. The highest BCUT2D eigenvalue weighted by molar-refractivity contribution is 7.80. The van der Waals surface area contributed by atoms with E-state index in [-0.39, 0.29) is 23.3 Å². The summed E-state index contributed by atoms with van der Waals surface area (Å²) in [6, 6.07) is 13.4. The number of hydrogen-bond donors (Lipinski definition) is 2. The second-order valence-electron chi connectivity index (χ2n) is 5.17. The van der Waals surface area contributed by atoms with Crippen LogP contribution in [0.25, 0.3) is 0 Å². The Morgan fingerprint density at radius 2 is 1.76 bits per heavy atom. The molecule has 0 aliphatic carbocycles. The third-order valence-corrected chi connectivity index (χ3v) is 3.86. The van der Waals surface area contributed by atoms with Gasteiger partial charge in [0.15, 0.2) is 5.11 Å². The van der Waals surface area contributed by atoms with Crippen molar-refractivity contribution < 1.29 is 13.9 Å². The second kappa shape index (κ2) is 8.98. The van der Waals surface area contributed by atoms with Crippen LogP contribution in [0, 0.1) is 5.82 Å². The highest BCUT2D eigenvalue weighted by atomic mass is 32.1. The summed E-state index contributed by atoms with van der Waals surface area (Å²) in [6.07, 6.45) is 0. The van der Waals surface area contributed by atoms with Gasteiger partial charge in [-0.1, -0.05) is 24.3 Å². The summed E-state index contributed by atoms with van der Waals surface area (Å²) in [4.78, 5) is 13.9. The van der Waals surface area contributed by atoms with E-state index in [0.717, 1.165) is 0 Å². The van der Waals surface area contributed by atoms with E-state index in [1.807, 2.05) is 13.0 Å². The van der Waals surface area contributed by atoms with Crippen LogP contribution in [-0.2, 0) is 4.79 Å². The molecule has 2 aromatic carbocycles. The van der Waals surface area contributed by atoms with E-state index in [1.54, 1.807) is 41.3 Å². The predicted octanol–water partition coefficient (Wildman–Crippen LogP) is 3.49. The molecule has 0 saturated carbocycles. The van der Waals surface area contributed by atoms with Crippen LogP contribution in [0.15, 0.2) is 48.5 Å². The zero-order valence-corrected chi connectivity index (χ0v) is 14.9. The van der Waals surface area contributed by atoms with E-state index in [0.29, 0.717) is 18.0 Å². The van der Waals surface area contributed by atoms with Gasteiger partial charge in [0.05, 0.1) is 25.0 Å². The third-order valence-electron chi connectivity index (χ3n) is 3.50. The lowest BCUT2D eigenvalue weighted by atomic mass is 10.3. The highest BCUT2D eigenvalue weighted by Crippen LogP contribution is 2.22. The minimum Gasteiger partial charge on any atom is -0.495 e. The summed E-state index contributed by atoms with van der Waals surface area (Å²) in [7, 11) is 1.54. The zero-order chi connectivity index (χ0) is 18.2. The summed E-state index contributed by atoms with van der Waals surface area (Å²) >= 11 is 5.29. The molecule has 0 aliphatic rings. The quantitative estimate of drug-likeness (QED) is 0.772. The van der Waals surface area contributed by atoms with Gasteiger partial charge in [0.1, 0.15) is 11.6 Å². The van der Waals surface area contributed by atoms with Crippen molar-refractivity contribution in [2.24, 2.45) is 0 Å². The molecule has 7 heteroatoms. The van der Waals surface area contributed by atoms with Crippen molar-refractivity contribution in [3.05, 3.63) is 54.3 Å². The van der Waals surface area contributed by atoms with Gasteiger partial charge in [-0.15, -0.1) is 0 Å². The van der Waals surface area contributed by atoms with Crippen LogP contribution >= 0.6 is 12.2 Å². The van der Waals surface area contributed by atoms with Gasteiger partial charge < -0.3 is 20.3 Å². The normalized spacial score (nSPS) is 10.0. The first-order chi connectivity index (χ1) is 12.0. The van der Waals surface area contributed by atoms with Crippen LogP contribution in [-0.4, -0.2) is 36.1 Å². The van der Waals surface area contributed by atoms with Crippen molar-refractivity contribution in [1.82, 2.24) is 4.90 Å². The first-order valence-corrected chi connectivity index (χ1v) is 8.19. The van der Waals surface area contributed by atoms with Crippen molar-refractivity contribution >= 4 is 34.6 Å². The molecular weight excluding hydrogens is 341 g/mol. The van der Waals surface area contributed by atoms with Crippen LogP contribution in [0.4, 0.5) is 15.8 Å². The Hall–Kier alpha value is -2.67. The molecule has 2 rings (SSSR count). The number of rotatable bonds is 6. The minimum absolute atomic E-state index is 0.0365. The number of hydrogen-bond acceptors (Lipinski definition) is 3. The smallest absolute Gasteiger partial charge is 0.244 e. The van der Waals surface area contributed by atoms with Gasteiger partial charge in [0, 0.05) is 6.54 Å². The molecule has 1 amide bonds. The molecular formula is C18H20FN3O2S. The number of para-hydroxylation sites is 3. The molecule has 0 fully saturated rings.